The summed E-state index contributed by atoms with van der Waals surface area (Å²) in [7, 11) is 3.13. The van der Waals surface area contributed by atoms with E-state index in [1.165, 1.54) is 0 Å². The fourth-order valence-corrected chi connectivity index (χ4v) is 1.45. The lowest BCUT2D eigenvalue weighted by Crippen LogP contribution is -2.39. The van der Waals surface area contributed by atoms with Gasteiger partial charge in [-0.2, -0.15) is 0 Å². The van der Waals surface area contributed by atoms with Gasteiger partial charge in [-0.15, -0.1) is 0 Å². The second-order valence-corrected chi connectivity index (χ2v) is 4.33. The van der Waals surface area contributed by atoms with Gasteiger partial charge in [0.2, 0.25) is 0 Å². The molecule has 0 heterocycles. The van der Waals surface area contributed by atoms with E-state index in [9.17, 15) is 5.11 Å². The Kier molecular flexibility index (Phi) is 3.78. The van der Waals surface area contributed by atoms with Gasteiger partial charge in [0.25, 0.3) is 0 Å². The van der Waals surface area contributed by atoms with Gasteiger partial charge >= 0.3 is 0 Å². The lowest BCUT2D eigenvalue weighted by molar-refractivity contribution is 0.102. The molecule has 16 heavy (non-hydrogen) atoms. The number of ether oxygens (including phenoxy) is 2. The fraction of sp³-hybridized carbons (Fsp3) is 0.500. The molecule has 90 valence electrons. The largest absolute Gasteiger partial charge is 0.497 e. The van der Waals surface area contributed by atoms with Gasteiger partial charge in [0.1, 0.15) is 11.5 Å². The highest BCUT2D eigenvalue weighted by molar-refractivity contribution is 5.42. The van der Waals surface area contributed by atoms with Crippen LogP contribution >= 0.6 is 0 Å². The molecule has 0 saturated carbocycles. The predicted molar refractivity (Wildman–Crippen MR) is 62.8 cm³/mol. The topological polar surface area (TPSA) is 64.7 Å². The number of nitrogens with two attached hydrogens (primary N) is 1. The number of rotatable bonds is 4. The first-order chi connectivity index (χ1) is 7.40. The molecule has 0 aliphatic rings. The van der Waals surface area contributed by atoms with Crippen LogP contribution < -0.4 is 15.2 Å². The zero-order valence-electron chi connectivity index (χ0n) is 10.2. The molecule has 0 saturated heterocycles. The van der Waals surface area contributed by atoms with Crippen LogP contribution in [0.25, 0.3) is 0 Å². The molecule has 0 aliphatic carbocycles. The number of hydrogen-bond donors (Lipinski definition) is 2. The maximum absolute atomic E-state index is 10.1. The molecule has 0 amide bonds. The predicted octanol–water partition coefficient (Wildman–Crippen LogP) is 1.47. The smallest absolute Gasteiger partial charge is 0.128 e. The van der Waals surface area contributed by atoms with Crippen molar-refractivity contribution in [2.45, 2.75) is 25.5 Å². The van der Waals surface area contributed by atoms with Gasteiger partial charge in [-0.3, -0.25) is 0 Å². The van der Waals surface area contributed by atoms with Crippen LogP contribution in [0.3, 0.4) is 0 Å². The summed E-state index contributed by atoms with van der Waals surface area (Å²) >= 11 is 0. The number of methoxy groups -OCH3 is 2. The average molecular weight is 225 g/mol. The molecule has 1 aromatic rings. The second-order valence-electron chi connectivity index (χ2n) is 4.33. The number of aliphatic hydroxyl groups excluding tert-OH is 1. The Morgan fingerprint density at radius 2 is 1.88 bits per heavy atom. The molecule has 0 fully saturated rings. The van der Waals surface area contributed by atoms with Gasteiger partial charge in [-0.25, -0.2) is 0 Å². The van der Waals surface area contributed by atoms with Crippen molar-refractivity contribution < 1.29 is 14.6 Å². The van der Waals surface area contributed by atoms with Gasteiger partial charge in [0.15, 0.2) is 0 Å². The maximum Gasteiger partial charge on any atom is 0.128 e. The third-order valence-electron chi connectivity index (χ3n) is 2.44. The van der Waals surface area contributed by atoms with Crippen molar-refractivity contribution in [1.82, 2.24) is 0 Å². The first-order valence-electron chi connectivity index (χ1n) is 5.09. The lowest BCUT2D eigenvalue weighted by atomic mass is 9.92. The summed E-state index contributed by atoms with van der Waals surface area (Å²) < 4.78 is 10.3. The van der Waals surface area contributed by atoms with Crippen molar-refractivity contribution in [1.29, 1.82) is 0 Å². The highest BCUT2D eigenvalue weighted by Gasteiger charge is 2.27. The van der Waals surface area contributed by atoms with Gasteiger partial charge in [-0.1, -0.05) is 0 Å². The van der Waals surface area contributed by atoms with E-state index in [4.69, 9.17) is 15.2 Å². The van der Waals surface area contributed by atoms with Crippen LogP contribution in [-0.4, -0.2) is 24.9 Å². The minimum absolute atomic E-state index is 0.574. The standard InChI is InChI=1S/C12H19NO3/c1-12(2,13)11(14)9-6-5-8(15-3)7-10(9)16-4/h5-7,11,14H,13H2,1-4H3. The Morgan fingerprint density at radius 1 is 1.25 bits per heavy atom. The summed E-state index contributed by atoms with van der Waals surface area (Å²) in [5, 5.41) is 10.1. The van der Waals surface area contributed by atoms with E-state index in [1.807, 2.05) is 0 Å². The fourth-order valence-electron chi connectivity index (χ4n) is 1.45. The first-order valence-corrected chi connectivity index (χ1v) is 5.09. The summed E-state index contributed by atoms with van der Waals surface area (Å²) in [6.45, 7) is 3.53. The molecule has 0 spiro atoms. The molecule has 0 radical (unpaired) electrons. The molecule has 1 atom stereocenters. The molecule has 1 rings (SSSR count). The highest BCUT2D eigenvalue weighted by Crippen LogP contribution is 2.33. The van der Waals surface area contributed by atoms with Crippen molar-refractivity contribution in [2.75, 3.05) is 14.2 Å². The Hall–Kier alpha value is -1.26. The van der Waals surface area contributed by atoms with Crippen molar-refractivity contribution in [3.05, 3.63) is 23.8 Å². The third-order valence-corrected chi connectivity index (χ3v) is 2.44. The second kappa shape index (κ2) is 4.72. The zero-order valence-corrected chi connectivity index (χ0v) is 10.2. The molecule has 0 bridgehead atoms. The Morgan fingerprint density at radius 3 is 2.31 bits per heavy atom. The van der Waals surface area contributed by atoms with Crippen molar-refractivity contribution >= 4 is 0 Å². The monoisotopic (exact) mass is 225 g/mol. The number of hydrogen-bond acceptors (Lipinski definition) is 4. The average Bonchev–Trinajstić information content (AvgIpc) is 2.26. The lowest BCUT2D eigenvalue weighted by Gasteiger charge is -2.27. The van der Waals surface area contributed by atoms with Gasteiger partial charge in [0, 0.05) is 17.2 Å². The Labute approximate surface area is 96.0 Å². The highest BCUT2D eigenvalue weighted by atomic mass is 16.5. The van der Waals surface area contributed by atoms with Crippen LogP contribution in [0, 0.1) is 0 Å². The molecule has 1 unspecified atom stereocenters. The molecule has 1 aromatic carbocycles. The number of benzene rings is 1. The van der Waals surface area contributed by atoms with Crippen LogP contribution in [0.2, 0.25) is 0 Å². The quantitative estimate of drug-likeness (QED) is 0.814. The molecule has 0 aliphatic heterocycles. The third kappa shape index (κ3) is 2.65. The van der Waals surface area contributed by atoms with E-state index in [1.54, 1.807) is 46.3 Å². The minimum atomic E-state index is -0.784. The summed E-state index contributed by atoms with van der Waals surface area (Å²) in [5.74, 6) is 1.26. The normalized spacial score (nSPS) is 13.4. The summed E-state index contributed by atoms with van der Waals surface area (Å²) in [5.41, 5.74) is 5.81. The van der Waals surface area contributed by atoms with E-state index in [-0.39, 0.29) is 0 Å². The Bertz CT molecular complexity index is 358. The van der Waals surface area contributed by atoms with E-state index in [0.29, 0.717) is 17.1 Å². The number of aliphatic hydroxyl groups is 1. The van der Waals surface area contributed by atoms with Crippen LogP contribution in [0.1, 0.15) is 25.5 Å². The summed E-state index contributed by atoms with van der Waals surface area (Å²) in [6.07, 6.45) is -0.784. The summed E-state index contributed by atoms with van der Waals surface area (Å²) in [6, 6.07) is 5.26. The van der Waals surface area contributed by atoms with Crippen LogP contribution in [0.15, 0.2) is 18.2 Å². The van der Waals surface area contributed by atoms with Crippen LogP contribution in [0.5, 0.6) is 11.5 Å². The molecule has 4 heteroatoms. The van der Waals surface area contributed by atoms with Gasteiger partial charge in [-0.05, 0) is 26.0 Å². The summed E-state index contributed by atoms with van der Waals surface area (Å²) in [4.78, 5) is 0. The SMILES string of the molecule is COc1ccc(C(O)C(C)(C)N)c(OC)c1. The minimum Gasteiger partial charge on any atom is -0.497 e. The maximum atomic E-state index is 10.1. The van der Waals surface area contributed by atoms with Gasteiger partial charge < -0.3 is 20.3 Å². The van der Waals surface area contributed by atoms with Crippen molar-refractivity contribution in [3.63, 3.8) is 0 Å². The molecule has 0 aromatic heterocycles. The Balaban J connectivity index is 3.14. The van der Waals surface area contributed by atoms with Crippen molar-refractivity contribution in [3.8, 4) is 11.5 Å². The molecule has 3 N–H and O–H groups in total. The zero-order chi connectivity index (χ0) is 12.3. The molecular formula is C12H19NO3. The van der Waals surface area contributed by atoms with E-state index < -0.39 is 11.6 Å². The first kappa shape index (κ1) is 12.8. The van der Waals surface area contributed by atoms with E-state index in [0.717, 1.165) is 0 Å². The van der Waals surface area contributed by atoms with Crippen molar-refractivity contribution in [2.24, 2.45) is 5.73 Å². The van der Waals surface area contributed by atoms with Crippen LogP contribution in [-0.2, 0) is 0 Å². The molecule has 4 nitrogen and oxygen atoms in total. The van der Waals surface area contributed by atoms with E-state index >= 15 is 0 Å². The molecular weight excluding hydrogens is 206 g/mol. The van der Waals surface area contributed by atoms with Crippen LogP contribution in [0.4, 0.5) is 0 Å². The van der Waals surface area contributed by atoms with E-state index in [2.05, 4.69) is 0 Å². The van der Waals surface area contributed by atoms with Gasteiger partial charge in [0.05, 0.1) is 20.3 Å².